The SMILES string of the molecule is O=C1CC(C(=O)NCc2cccc(Cn3cncn3)c2)c2ccccc2N1. The number of nitrogens with zero attached hydrogens (tertiary/aromatic N) is 3. The highest BCUT2D eigenvalue weighted by atomic mass is 16.2. The molecule has 7 nitrogen and oxygen atoms in total. The minimum Gasteiger partial charge on any atom is -0.351 e. The van der Waals surface area contributed by atoms with Crippen molar-refractivity contribution in [1.29, 1.82) is 0 Å². The van der Waals surface area contributed by atoms with Gasteiger partial charge in [-0.05, 0) is 22.8 Å². The molecule has 0 radical (unpaired) electrons. The van der Waals surface area contributed by atoms with Crippen molar-refractivity contribution in [2.24, 2.45) is 0 Å². The highest BCUT2D eigenvalue weighted by Crippen LogP contribution is 2.32. The van der Waals surface area contributed by atoms with E-state index in [0.29, 0.717) is 18.8 Å². The molecule has 0 saturated heterocycles. The van der Waals surface area contributed by atoms with Crippen LogP contribution in [-0.4, -0.2) is 26.6 Å². The molecule has 0 bridgehead atoms. The molecule has 0 spiro atoms. The summed E-state index contributed by atoms with van der Waals surface area (Å²) in [6.45, 7) is 1.03. The first-order chi connectivity index (χ1) is 13.2. The van der Waals surface area contributed by atoms with E-state index < -0.39 is 5.92 Å². The first kappa shape index (κ1) is 17.0. The van der Waals surface area contributed by atoms with Gasteiger partial charge >= 0.3 is 0 Å². The van der Waals surface area contributed by atoms with E-state index in [1.165, 1.54) is 6.33 Å². The number of nitrogens with one attached hydrogen (secondary N) is 2. The summed E-state index contributed by atoms with van der Waals surface area (Å²) in [6.07, 6.45) is 3.33. The number of hydrogen-bond donors (Lipinski definition) is 2. The summed E-state index contributed by atoms with van der Waals surface area (Å²) in [5.41, 5.74) is 3.64. The van der Waals surface area contributed by atoms with Gasteiger partial charge in [0.25, 0.3) is 0 Å². The molecule has 27 heavy (non-hydrogen) atoms. The monoisotopic (exact) mass is 361 g/mol. The van der Waals surface area contributed by atoms with E-state index in [1.54, 1.807) is 11.0 Å². The van der Waals surface area contributed by atoms with Gasteiger partial charge < -0.3 is 10.6 Å². The molecule has 2 aromatic carbocycles. The van der Waals surface area contributed by atoms with Crippen molar-refractivity contribution in [2.45, 2.75) is 25.4 Å². The summed E-state index contributed by atoms with van der Waals surface area (Å²) in [5, 5.41) is 9.88. The third-order valence-electron chi connectivity index (χ3n) is 4.59. The van der Waals surface area contributed by atoms with Crippen LogP contribution in [0.5, 0.6) is 0 Å². The second-order valence-electron chi connectivity index (χ2n) is 6.52. The molecule has 1 aromatic heterocycles. The Labute approximate surface area is 156 Å². The molecule has 3 aromatic rings. The fourth-order valence-corrected chi connectivity index (χ4v) is 3.30. The Hall–Kier alpha value is -3.48. The summed E-state index contributed by atoms with van der Waals surface area (Å²) >= 11 is 0. The fraction of sp³-hybridized carbons (Fsp3) is 0.200. The maximum atomic E-state index is 12.7. The maximum absolute atomic E-state index is 12.7. The Bertz CT molecular complexity index is 968. The summed E-state index contributed by atoms with van der Waals surface area (Å²) in [4.78, 5) is 28.6. The van der Waals surface area contributed by atoms with Crippen LogP contribution < -0.4 is 10.6 Å². The number of benzene rings is 2. The van der Waals surface area contributed by atoms with Crippen LogP contribution >= 0.6 is 0 Å². The Kier molecular flexibility index (Phi) is 4.65. The van der Waals surface area contributed by atoms with Crippen molar-refractivity contribution < 1.29 is 9.59 Å². The molecular weight excluding hydrogens is 342 g/mol. The average Bonchev–Trinajstić information content (AvgIpc) is 3.18. The standard InChI is InChI=1S/C20H19N5O2/c26-19-9-17(16-6-1-2-7-18(16)24-19)20(27)22-10-14-4-3-5-15(8-14)11-25-13-21-12-23-25/h1-8,12-13,17H,9-11H2,(H,22,27)(H,24,26). The zero-order chi connectivity index (χ0) is 18.6. The van der Waals surface area contributed by atoms with Crippen LogP contribution in [0, 0.1) is 0 Å². The fourth-order valence-electron chi connectivity index (χ4n) is 3.30. The van der Waals surface area contributed by atoms with Crippen LogP contribution in [0.4, 0.5) is 5.69 Å². The molecule has 1 aliphatic heterocycles. The lowest BCUT2D eigenvalue weighted by molar-refractivity contribution is -0.126. The number of hydrogen-bond acceptors (Lipinski definition) is 4. The summed E-state index contributed by atoms with van der Waals surface area (Å²) in [5.74, 6) is -0.740. The third-order valence-corrected chi connectivity index (χ3v) is 4.59. The Morgan fingerprint density at radius 2 is 2.04 bits per heavy atom. The van der Waals surface area contributed by atoms with E-state index in [1.807, 2.05) is 48.5 Å². The number of rotatable bonds is 5. The van der Waals surface area contributed by atoms with Crippen molar-refractivity contribution in [3.63, 3.8) is 0 Å². The number of carbonyl (C=O) groups is 2. The Balaban J connectivity index is 1.43. The summed E-state index contributed by atoms with van der Waals surface area (Å²) < 4.78 is 1.75. The lowest BCUT2D eigenvalue weighted by atomic mass is 9.90. The topological polar surface area (TPSA) is 88.9 Å². The molecule has 0 fully saturated rings. The first-order valence-corrected chi connectivity index (χ1v) is 8.76. The zero-order valence-corrected chi connectivity index (χ0v) is 14.6. The molecule has 0 aliphatic carbocycles. The van der Waals surface area contributed by atoms with E-state index in [-0.39, 0.29) is 18.2 Å². The number of anilines is 1. The Morgan fingerprint density at radius 3 is 2.89 bits per heavy atom. The molecule has 0 saturated carbocycles. The van der Waals surface area contributed by atoms with Crippen molar-refractivity contribution >= 4 is 17.5 Å². The number of para-hydroxylation sites is 1. The number of fused-ring (bicyclic) bond motifs is 1. The van der Waals surface area contributed by atoms with Crippen LogP contribution in [0.2, 0.25) is 0 Å². The van der Waals surface area contributed by atoms with E-state index >= 15 is 0 Å². The lowest BCUT2D eigenvalue weighted by Gasteiger charge is -2.24. The van der Waals surface area contributed by atoms with Crippen LogP contribution in [0.15, 0.2) is 61.2 Å². The van der Waals surface area contributed by atoms with Gasteiger partial charge in [-0.15, -0.1) is 0 Å². The highest BCUT2D eigenvalue weighted by Gasteiger charge is 2.30. The quantitative estimate of drug-likeness (QED) is 0.728. The number of aromatic nitrogens is 3. The zero-order valence-electron chi connectivity index (χ0n) is 14.6. The third kappa shape index (κ3) is 3.87. The minimum atomic E-state index is -0.465. The van der Waals surface area contributed by atoms with E-state index in [0.717, 1.165) is 16.7 Å². The van der Waals surface area contributed by atoms with Crippen molar-refractivity contribution in [1.82, 2.24) is 20.1 Å². The predicted molar refractivity (Wildman–Crippen MR) is 99.8 cm³/mol. The number of amides is 2. The van der Waals surface area contributed by atoms with Crippen molar-refractivity contribution in [2.75, 3.05) is 5.32 Å². The first-order valence-electron chi connectivity index (χ1n) is 8.76. The smallest absolute Gasteiger partial charge is 0.228 e. The van der Waals surface area contributed by atoms with Gasteiger partial charge in [-0.25, -0.2) is 9.67 Å². The summed E-state index contributed by atoms with van der Waals surface area (Å²) in [6, 6.07) is 15.4. The van der Waals surface area contributed by atoms with Gasteiger partial charge in [0.05, 0.1) is 12.5 Å². The van der Waals surface area contributed by atoms with Crippen molar-refractivity contribution in [3.8, 4) is 0 Å². The largest absolute Gasteiger partial charge is 0.351 e. The molecule has 4 rings (SSSR count). The van der Waals surface area contributed by atoms with Gasteiger partial charge in [0, 0.05) is 18.7 Å². The normalized spacial score (nSPS) is 15.7. The molecule has 136 valence electrons. The second-order valence-corrected chi connectivity index (χ2v) is 6.52. The minimum absolute atomic E-state index is 0.135. The summed E-state index contributed by atoms with van der Waals surface area (Å²) in [7, 11) is 0. The molecule has 7 heteroatoms. The van der Waals surface area contributed by atoms with E-state index in [9.17, 15) is 9.59 Å². The molecule has 1 aliphatic rings. The molecule has 2 N–H and O–H groups in total. The van der Waals surface area contributed by atoms with Crippen LogP contribution in [-0.2, 0) is 22.7 Å². The lowest BCUT2D eigenvalue weighted by Crippen LogP contribution is -2.34. The van der Waals surface area contributed by atoms with Gasteiger partial charge in [-0.1, -0.05) is 42.5 Å². The molecule has 2 heterocycles. The highest BCUT2D eigenvalue weighted by molar-refractivity contribution is 6.01. The second kappa shape index (κ2) is 7.41. The molecular formula is C20H19N5O2. The van der Waals surface area contributed by atoms with Crippen LogP contribution in [0.3, 0.4) is 0 Å². The van der Waals surface area contributed by atoms with Gasteiger partial charge in [-0.2, -0.15) is 5.10 Å². The van der Waals surface area contributed by atoms with Crippen LogP contribution in [0.25, 0.3) is 0 Å². The predicted octanol–water partition coefficient (Wildman–Crippen LogP) is 2.07. The molecule has 1 atom stereocenters. The van der Waals surface area contributed by atoms with Gasteiger partial charge in [0.15, 0.2) is 0 Å². The van der Waals surface area contributed by atoms with Gasteiger partial charge in [0.2, 0.25) is 11.8 Å². The van der Waals surface area contributed by atoms with Crippen molar-refractivity contribution in [3.05, 3.63) is 77.9 Å². The van der Waals surface area contributed by atoms with E-state index in [4.69, 9.17) is 0 Å². The molecule has 1 unspecified atom stereocenters. The maximum Gasteiger partial charge on any atom is 0.228 e. The Morgan fingerprint density at radius 1 is 1.19 bits per heavy atom. The van der Waals surface area contributed by atoms with Gasteiger partial charge in [-0.3, -0.25) is 9.59 Å². The number of carbonyl (C=O) groups excluding carboxylic acids is 2. The molecule has 2 amide bonds. The van der Waals surface area contributed by atoms with Gasteiger partial charge in [0.1, 0.15) is 12.7 Å². The average molecular weight is 361 g/mol. The van der Waals surface area contributed by atoms with Crippen LogP contribution in [0.1, 0.15) is 29.0 Å². The van der Waals surface area contributed by atoms with E-state index in [2.05, 4.69) is 20.7 Å².